The number of nitrogens with one attached hydrogen (secondary N) is 1. The van der Waals surface area contributed by atoms with Gasteiger partial charge in [0, 0.05) is 23.1 Å². The predicted molar refractivity (Wildman–Crippen MR) is 84.4 cm³/mol. The molecule has 1 fully saturated rings. The Morgan fingerprint density at radius 1 is 1.45 bits per heavy atom. The number of hydrogen-bond acceptors (Lipinski definition) is 5. The van der Waals surface area contributed by atoms with E-state index in [1.54, 1.807) is 6.20 Å². The van der Waals surface area contributed by atoms with Crippen molar-refractivity contribution in [2.45, 2.75) is 25.5 Å². The molecule has 2 aromatic heterocycles. The predicted octanol–water partition coefficient (Wildman–Crippen LogP) is 2.42. The average molecular weight is 318 g/mol. The first-order valence-electron chi connectivity index (χ1n) is 7.22. The van der Waals surface area contributed by atoms with Gasteiger partial charge in [-0.3, -0.25) is 9.78 Å². The van der Waals surface area contributed by atoms with E-state index in [4.69, 9.17) is 9.47 Å². The number of rotatable bonds is 4. The molecule has 1 saturated heterocycles. The van der Waals surface area contributed by atoms with Gasteiger partial charge in [0.15, 0.2) is 0 Å². The van der Waals surface area contributed by atoms with Gasteiger partial charge in [0.25, 0.3) is 5.91 Å². The van der Waals surface area contributed by atoms with Crippen molar-refractivity contribution in [1.29, 1.82) is 0 Å². The molecule has 116 valence electrons. The van der Waals surface area contributed by atoms with Gasteiger partial charge in [-0.1, -0.05) is 0 Å². The second-order valence-corrected chi connectivity index (χ2v) is 6.03. The molecule has 6 heteroatoms. The first kappa shape index (κ1) is 15.0. The van der Waals surface area contributed by atoms with Crippen LogP contribution in [0.15, 0.2) is 35.2 Å². The largest absolute Gasteiger partial charge is 0.486 e. The highest BCUT2D eigenvalue weighted by Crippen LogP contribution is 2.18. The fraction of sp³-hybridized carbons (Fsp3) is 0.375. The molecule has 0 bridgehead atoms. The molecular formula is C16H18N2O3S. The zero-order valence-electron chi connectivity index (χ0n) is 12.3. The summed E-state index contributed by atoms with van der Waals surface area (Å²) in [7, 11) is 0. The van der Waals surface area contributed by atoms with Crippen LogP contribution in [0.3, 0.4) is 0 Å². The number of carbonyl (C=O) groups excluding carboxylic acids is 1. The molecule has 1 N–H and O–H groups in total. The molecule has 2 atom stereocenters. The molecule has 0 aromatic carbocycles. The summed E-state index contributed by atoms with van der Waals surface area (Å²) in [6.07, 6.45) is 2.34. The number of thiophene rings is 1. The highest BCUT2D eigenvalue weighted by molar-refractivity contribution is 7.08. The highest BCUT2D eigenvalue weighted by Gasteiger charge is 2.29. The zero-order chi connectivity index (χ0) is 15.4. The number of aryl methyl sites for hydroxylation is 1. The molecular weight excluding hydrogens is 300 g/mol. The molecule has 3 heterocycles. The van der Waals surface area contributed by atoms with E-state index in [0.29, 0.717) is 24.5 Å². The fourth-order valence-corrected chi connectivity index (χ4v) is 2.97. The number of hydrogen-bond donors (Lipinski definition) is 1. The Morgan fingerprint density at radius 3 is 3.09 bits per heavy atom. The summed E-state index contributed by atoms with van der Waals surface area (Å²) < 4.78 is 11.5. The molecule has 5 nitrogen and oxygen atoms in total. The third-order valence-electron chi connectivity index (χ3n) is 3.56. The van der Waals surface area contributed by atoms with Crippen LogP contribution in [0.4, 0.5) is 0 Å². The second-order valence-electron chi connectivity index (χ2n) is 5.25. The van der Waals surface area contributed by atoms with Gasteiger partial charge in [-0.2, -0.15) is 11.3 Å². The number of pyridine rings is 1. The molecule has 22 heavy (non-hydrogen) atoms. The van der Waals surface area contributed by atoms with Crippen molar-refractivity contribution < 1.29 is 14.3 Å². The van der Waals surface area contributed by atoms with Crippen molar-refractivity contribution in [3.63, 3.8) is 0 Å². The van der Waals surface area contributed by atoms with E-state index in [2.05, 4.69) is 10.3 Å². The first-order chi connectivity index (χ1) is 10.7. The van der Waals surface area contributed by atoms with Crippen LogP contribution < -0.4 is 10.1 Å². The standard InChI is InChI=1S/C16H18N2O3S/c1-11-2-3-13(8-17-11)21-15-4-6-20-9-14(15)18-16(19)12-5-7-22-10-12/h2-3,5,7-8,10,14-15H,4,6,9H2,1H3,(H,18,19)/t14-,15+/m0/s1. The highest BCUT2D eigenvalue weighted by atomic mass is 32.1. The Labute approximate surface area is 133 Å². The molecule has 1 amide bonds. The van der Waals surface area contributed by atoms with Crippen molar-refractivity contribution in [2.24, 2.45) is 0 Å². The Kier molecular flexibility index (Phi) is 4.70. The lowest BCUT2D eigenvalue weighted by atomic mass is 10.1. The van der Waals surface area contributed by atoms with Crippen LogP contribution in [-0.2, 0) is 4.74 Å². The van der Waals surface area contributed by atoms with E-state index < -0.39 is 0 Å². The minimum Gasteiger partial charge on any atom is -0.486 e. The Bertz CT molecular complexity index is 613. The lowest BCUT2D eigenvalue weighted by Gasteiger charge is -2.32. The van der Waals surface area contributed by atoms with Gasteiger partial charge >= 0.3 is 0 Å². The zero-order valence-corrected chi connectivity index (χ0v) is 13.1. The minimum atomic E-state index is -0.164. The molecule has 1 aliphatic heterocycles. The smallest absolute Gasteiger partial charge is 0.252 e. The van der Waals surface area contributed by atoms with Crippen LogP contribution in [0.5, 0.6) is 5.75 Å². The molecule has 0 aliphatic carbocycles. The maximum atomic E-state index is 12.2. The van der Waals surface area contributed by atoms with Crippen molar-refractivity contribution in [2.75, 3.05) is 13.2 Å². The molecule has 0 unspecified atom stereocenters. The summed E-state index contributed by atoms with van der Waals surface area (Å²) in [5.41, 5.74) is 1.62. The topological polar surface area (TPSA) is 60.5 Å². The summed E-state index contributed by atoms with van der Waals surface area (Å²) in [4.78, 5) is 16.4. The number of ether oxygens (including phenoxy) is 2. The van der Waals surface area contributed by atoms with E-state index in [0.717, 1.165) is 12.1 Å². The normalized spacial score (nSPS) is 21.3. The Balaban J connectivity index is 1.65. The van der Waals surface area contributed by atoms with Crippen LogP contribution in [0, 0.1) is 6.92 Å². The molecule has 2 aromatic rings. The van der Waals surface area contributed by atoms with Crippen molar-refractivity contribution in [3.8, 4) is 5.75 Å². The number of aromatic nitrogens is 1. The van der Waals surface area contributed by atoms with E-state index >= 15 is 0 Å². The lowest BCUT2D eigenvalue weighted by Crippen LogP contribution is -2.51. The third kappa shape index (κ3) is 3.64. The van der Waals surface area contributed by atoms with Gasteiger partial charge in [-0.25, -0.2) is 0 Å². The summed E-state index contributed by atoms with van der Waals surface area (Å²) >= 11 is 1.50. The monoisotopic (exact) mass is 318 g/mol. The number of carbonyl (C=O) groups is 1. The first-order valence-corrected chi connectivity index (χ1v) is 8.17. The van der Waals surface area contributed by atoms with Crippen LogP contribution in [0.2, 0.25) is 0 Å². The van der Waals surface area contributed by atoms with E-state index in [1.807, 2.05) is 35.9 Å². The molecule has 0 saturated carbocycles. The number of nitrogens with zero attached hydrogens (tertiary/aromatic N) is 1. The third-order valence-corrected chi connectivity index (χ3v) is 4.25. The van der Waals surface area contributed by atoms with Crippen LogP contribution in [0.1, 0.15) is 22.5 Å². The van der Waals surface area contributed by atoms with E-state index in [1.165, 1.54) is 11.3 Å². The van der Waals surface area contributed by atoms with Crippen molar-refractivity contribution in [1.82, 2.24) is 10.3 Å². The molecule has 0 spiro atoms. The average Bonchev–Trinajstić information content (AvgIpc) is 3.06. The van der Waals surface area contributed by atoms with Gasteiger partial charge < -0.3 is 14.8 Å². The van der Waals surface area contributed by atoms with Crippen LogP contribution >= 0.6 is 11.3 Å². The molecule has 1 aliphatic rings. The summed E-state index contributed by atoms with van der Waals surface area (Å²) in [6.45, 7) is 3.02. The summed E-state index contributed by atoms with van der Waals surface area (Å²) in [5.74, 6) is 0.625. The Hall–Kier alpha value is -1.92. The quantitative estimate of drug-likeness (QED) is 0.940. The van der Waals surface area contributed by atoms with Gasteiger partial charge in [0.05, 0.1) is 25.5 Å². The Morgan fingerprint density at radius 2 is 2.36 bits per heavy atom. The van der Waals surface area contributed by atoms with Crippen LogP contribution in [0.25, 0.3) is 0 Å². The number of amides is 1. The van der Waals surface area contributed by atoms with Gasteiger partial charge in [0.1, 0.15) is 11.9 Å². The molecule has 0 radical (unpaired) electrons. The second kappa shape index (κ2) is 6.89. The van der Waals surface area contributed by atoms with Crippen molar-refractivity contribution >= 4 is 17.2 Å². The SMILES string of the molecule is Cc1ccc(O[C@@H]2CCOC[C@@H]2NC(=O)c2ccsc2)cn1. The molecule has 3 rings (SSSR count). The minimum absolute atomic E-state index is 0.0904. The van der Waals surface area contributed by atoms with Crippen molar-refractivity contribution in [3.05, 3.63) is 46.4 Å². The fourth-order valence-electron chi connectivity index (χ4n) is 2.34. The summed E-state index contributed by atoms with van der Waals surface area (Å²) in [5, 5.41) is 6.72. The maximum absolute atomic E-state index is 12.2. The van der Waals surface area contributed by atoms with Gasteiger partial charge in [0.2, 0.25) is 0 Å². The summed E-state index contributed by atoms with van der Waals surface area (Å²) in [6, 6.07) is 5.45. The van der Waals surface area contributed by atoms with E-state index in [-0.39, 0.29) is 18.1 Å². The van der Waals surface area contributed by atoms with Crippen LogP contribution in [-0.4, -0.2) is 36.3 Å². The van der Waals surface area contributed by atoms with Gasteiger partial charge in [-0.05, 0) is 30.5 Å². The van der Waals surface area contributed by atoms with E-state index in [9.17, 15) is 4.79 Å². The lowest BCUT2D eigenvalue weighted by molar-refractivity contribution is -0.00300. The van der Waals surface area contributed by atoms with Gasteiger partial charge in [-0.15, -0.1) is 0 Å². The maximum Gasteiger partial charge on any atom is 0.252 e.